The Morgan fingerprint density at radius 2 is 1.94 bits per heavy atom. The molecular weight excluding hydrogens is 230 g/mol. The van der Waals surface area contributed by atoms with E-state index in [9.17, 15) is 0 Å². The molecule has 0 spiro atoms. The molecule has 0 amide bonds. The number of furan rings is 1. The largest absolute Gasteiger partial charge is 0.445 e. The van der Waals surface area contributed by atoms with Gasteiger partial charge >= 0.3 is 0 Å². The monoisotopic (exact) mass is 243 g/mol. The summed E-state index contributed by atoms with van der Waals surface area (Å²) in [6, 6.07) is 5.47. The first-order valence-corrected chi connectivity index (χ1v) is 5.37. The Labute approximate surface area is 105 Å². The first-order chi connectivity index (χ1) is 8.61. The lowest BCUT2D eigenvalue weighted by Gasteiger charge is -2.16. The number of aromatic nitrogens is 2. The first-order valence-electron chi connectivity index (χ1n) is 5.37. The Morgan fingerprint density at radius 3 is 2.56 bits per heavy atom. The Balaban J connectivity index is 2.31. The second-order valence-electron chi connectivity index (χ2n) is 3.84. The van der Waals surface area contributed by atoms with E-state index in [1.807, 2.05) is 32.3 Å². The summed E-state index contributed by atoms with van der Waals surface area (Å²) in [6.45, 7) is 1.88. The fraction of sp³-hybridized carbons (Fsp3) is 0.250. The highest BCUT2D eigenvalue weighted by Crippen LogP contribution is 2.25. The minimum absolute atomic E-state index is 0.539. The maximum absolute atomic E-state index is 8.82. The summed E-state index contributed by atoms with van der Waals surface area (Å²) in [5, 5.41) is 8.82. The van der Waals surface area contributed by atoms with Gasteiger partial charge in [-0.2, -0.15) is 5.26 Å². The predicted octanol–water partition coefficient (Wildman–Crippen LogP) is 2.06. The van der Waals surface area contributed by atoms with Crippen molar-refractivity contribution in [3.8, 4) is 6.19 Å². The van der Waals surface area contributed by atoms with E-state index in [0.29, 0.717) is 17.5 Å². The number of anilines is 3. The zero-order valence-electron chi connectivity index (χ0n) is 10.5. The van der Waals surface area contributed by atoms with Crippen LogP contribution in [0.5, 0.6) is 0 Å². The number of hydrogen-bond acceptors (Lipinski definition) is 6. The van der Waals surface area contributed by atoms with E-state index in [1.54, 1.807) is 18.0 Å². The number of hydrogen-bond donors (Lipinski definition) is 0. The van der Waals surface area contributed by atoms with Crippen molar-refractivity contribution in [2.75, 3.05) is 23.9 Å². The van der Waals surface area contributed by atoms with Crippen LogP contribution in [0.3, 0.4) is 0 Å². The van der Waals surface area contributed by atoms with Gasteiger partial charge in [0.15, 0.2) is 6.19 Å². The molecule has 18 heavy (non-hydrogen) atoms. The van der Waals surface area contributed by atoms with E-state index in [0.717, 1.165) is 5.76 Å². The topological polar surface area (TPSA) is 69.2 Å². The van der Waals surface area contributed by atoms with Crippen LogP contribution in [0.25, 0.3) is 0 Å². The Kier molecular flexibility index (Phi) is 3.15. The van der Waals surface area contributed by atoms with Crippen LogP contribution in [0.1, 0.15) is 5.76 Å². The summed E-state index contributed by atoms with van der Waals surface area (Å²) in [5.74, 6) is 2.73. The van der Waals surface area contributed by atoms with Crippen molar-refractivity contribution in [2.24, 2.45) is 0 Å². The molecule has 2 rings (SSSR count). The van der Waals surface area contributed by atoms with Crippen LogP contribution in [0.2, 0.25) is 0 Å². The minimum atomic E-state index is 0.539. The average Bonchev–Trinajstić information content (AvgIpc) is 2.83. The molecule has 0 aliphatic heterocycles. The number of aryl methyl sites for hydroxylation is 1. The van der Waals surface area contributed by atoms with E-state index >= 15 is 0 Å². The predicted molar refractivity (Wildman–Crippen MR) is 67.6 cm³/mol. The van der Waals surface area contributed by atoms with Crippen LogP contribution in [0.15, 0.2) is 28.9 Å². The van der Waals surface area contributed by atoms with Crippen LogP contribution in [-0.2, 0) is 0 Å². The van der Waals surface area contributed by atoms with Gasteiger partial charge in [-0.05, 0) is 13.0 Å². The number of nitrogens with zero attached hydrogens (tertiary/aromatic N) is 5. The Morgan fingerprint density at radius 1 is 1.22 bits per heavy atom. The molecule has 0 fully saturated rings. The standard InChI is InChI=1S/C12H13N5O/c1-9-4-5-12(18-9)17(3)11-6-10(14-8-15-11)16(2)7-13/h4-6,8H,1-3H3. The minimum Gasteiger partial charge on any atom is -0.445 e. The van der Waals surface area contributed by atoms with E-state index < -0.39 is 0 Å². The van der Waals surface area contributed by atoms with E-state index in [1.165, 1.54) is 11.2 Å². The molecule has 6 heteroatoms. The second kappa shape index (κ2) is 4.75. The third kappa shape index (κ3) is 2.25. The summed E-state index contributed by atoms with van der Waals surface area (Å²) in [7, 11) is 3.49. The molecule has 0 N–H and O–H groups in total. The molecule has 0 aliphatic rings. The van der Waals surface area contributed by atoms with Gasteiger partial charge in [-0.15, -0.1) is 0 Å². The van der Waals surface area contributed by atoms with Gasteiger partial charge in [0, 0.05) is 26.2 Å². The lowest BCUT2D eigenvalue weighted by molar-refractivity contribution is 0.537. The lowest BCUT2D eigenvalue weighted by Crippen LogP contribution is -2.14. The van der Waals surface area contributed by atoms with Crippen molar-refractivity contribution >= 4 is 17.5 Å². The third-order valence-electron chi connectivity index (χ3n) is 2.53. The molecule has 2 heterocycles. The number of nitriles is 1. The molecule has 0 saturated heterocycles. The van der Waals surface area contributed by atoms with Crippen molar-refractivity contribution in [1.29, 1.82) is 5.26 Å². The van der Waals surface area contributed by atoms with Crippen LogP contribution in [0, 0.1) is 18.4 Å². The average molecular weight is 243 g/mol. The van der Waals surface area contributed by atoms with Crippen LogP contribution < -0.4 is 9.80 Å². The highest BCUT2D eigenvalue weighted by atomic mass is 16.4. The van der Waals surface area contributed by atoms with E-state index in [-0.39, 0.29) is 0 Å². The Bertz CT molecular complexity index is 586. The molecule has 0 aliphatic carbocycles. The summed E-state index contributed by atoms with van der Waals surface area (Å²) in [4.78, 5) is 11.3. The van der Waals surface area contributed by atoms with Crippen molar-refractivity contribution in [3.63, 3.8) is 0 Å². The normalized spacial score (nSPS) is 9.89. The molecular formula is C12H13N5O. The SMILES string of the molecule is Cc1ccc(N(C)c2cc(N(C)C#N)ncn2)o1. The van der Waals surface area contributed by atoms with Gasteiger partial charge in [-0.3, -0.25) is 9.80 Å². The second-order valence-corrected chi connectivity index (χ2v) is 3.84. The highest BCUT2D eigenvalue weighted by molar-refractivity contribution is 5.58. The van der Waals surface area contributed by atoms with Crippen LogP contribution in [-0.4, -0.2) is 24.1 Å². The van der Waals surface area contributed by atoms with Gasteiger partial charge in [0.25, 0.3) is 0 Å². The molecule has 0 radical (unpaired) electrons. The van der Waals surface area contributed by atoms with Crippen molar-refractivity contribution in [3.05, 3.63) is 30.3 Å². The summed E-state index contributed by atoms with van der Waals surface area (Å²) >= 11 is 0. The molecule has 2 aromatic rings. The Hall–Kier alpha value is -2.55. The zero-order valence-corrected chi connectivity index (χ0v) is 10.5. The van der Waals surface area contributed by atoms with Crippen LogP contribution >= 0.6 is 0 Å². The molecule has 0 bridgehead atoms. The fourth-order valence-corrected chi connectivity index (χ4v) is 1.47. The molecule has 0 aromatic carbocycles. The van der Waals surface area contributed by atoms with Gasteiger partial charge in [0.1, 0.15) is 23.7 Å². The van der Waals surface area contributed by atoms with Gasteiger partial charge in [0.05, 0.1) is 0 Å². The fourth-order valence-electron chi connectivity index (χ4n) is 1.47. The van der Waals surface area contributed by atoms with E-state index in [2.05, 4.69) is 9.97 Å². The summed E-state index contributed by atoms with van der Waals surface area (Å²) in [5.41, 5.74) is 0. The maximum Gasteiger partial charge on any atom is 0.200 e. The smallest absolute Gasteiger partial charge is 0.200 e. The van der Waals surface area contributed by atoms with Gasteiger partial charge in [-0.1, -0.05) is 0 Å². The molecule has 0 saturated carbocycles. The molecule has 6 nitrogen and oxygen atoms in total. The zero-order chi connectivity index (χ0) is 13.1. The maximum atomic E-state index is 8.82. The summed E-state index contributed by atoms with van der Waals surface area (Å²) in [6.07, 6.45) is 3.41. The van der Waals surface area contributed by atoms with Crippen molar-refractivity contribution in [2.45, 2.75) is 6.92 Å². The van der Waals surface area contributed by atoms with Gasteiger partial charge < -0.3 is 4.42 Å². The first kappa shape index (κ1) is 11.9. The van der Waals surface area contributed by atoms with Gasteiger partial charge in [0.2, 0.25) is 5.88 Å². The highest BCUT2D eigenvalue weighted by Gasteiger charge is 2.11. The number of rotatable bonds is 3. The van der Waals surface area contributed by atoms with Gasteiger partial charge in [-0.25, -0.2) is 9.97 Å². The summed E-state index contributed by atoms with van der Waals surface area (Å²) < 4.78 is 5.51. The van der Waals surface area contributed by atoms with E-state index in [4.69, 9.17) is 9.68 Å². The van der Waals surface area contributed by atoms with Crippen molar-refractivity contribution in [1.82, 2.24) is 9.97 Å². The molecule has 0 unspecified atom stereocenters. The molecule has 92 valence electrons. The lowest BCUT2D eigenvalue weighted by atomic mass is 10.4. The molecule has 2 aromatic heterocycles. The van der Waals surface area contributed by atoms with Crippen molar-refractivity contribution < 1.29 is 4.42 Å². The van der Waals surface area contributed by atoms with Crippen LogP contribution in [0.4, 0.5) is 17.5 Å². The third-order valence-corrected chi connectivity index (χ3v) is 2.53. The quantitative estimate of drug-likeness (QED) is 0.607. The molecule has 0 atom stereocenters.